The van der Waals surface area contributed by atoms with Crippen molar-refractivity contribution in [1.29, 1.82) is 0 Å². The van der Waals surface area contributed by atoms with E-state index in [2.05, 4.69) is 10.0 Å². The Morgan fingerprint density at radius 2 is 2.05 bits per heavy atom. The standard InChI is InChI=1S/C11H18N2O4S2/c1-12-19(15,16)11-3-2-10(17-11)8-13-9-4-6-18(14)7-5-9/h2-3,9,12-13H,4-8H2,1H3. The van der Waals surface area contributed by atoms with Gasteiger partial charge in [-0.25, -0.2) is 13.1 Å². The first-order valence-electron chi connectivity index (χ1n) is 6.12. The maximum absolute atomic E-state index is 11.5. The maximum Gasteiger partial charge on any atom is 0.273 e. The summed E-state index contributed by atoms with van der Waals surface area (Å²) >= 11 is 0. The molecule has 1 aliphatic rings. The number of rotatable bonds is 5. The monoisotopic (exact) mass is 306 g/mol. The lowest BCUT2D eigenvalue weighted by atomic mass is 10.1. The van der Waals surface area contributed by atoms with E-state index in [0.29, 0.717) is 18.3 Å². The van der Waals surface area contributed by atoms with Crippen LogP contribution in [0.1, 0.15) is 18.6 Å². The molecule has 2 N–H and O–H groups in total. The largest absolute Gasteiger partial charge is 0.447 e. The van der Waals surface area contributed by atoms with Gasteiger partial charge in [0.05, 0.1) is 6.54 Å². The van der Waals surface area contributed by atoms with Crippen LogP contribution in [0.2, 0.25) is 0 Å². The summed E-state index contributed by atoms with van der Waals surface area (Å²) in [5.41, 5.74) is 0. The molecule has 8 heteroatoms. The third-order valence-electron chi connectivity index (χ3n) is 3.12. The molecule has 0 saturated carbocycles. The van der Waals surface area contributed by atoms with Gasteiger partial charge in [-0.3, -0.25) is 4.21 Å². The first-order chi connectivity index (χ1) is 9.01. The lowest BCUT2D eigenvalue weighted by Gasteiger charge is -2.21. The predicted molar refractivity (Wildman–Crippen MR) is 72.7 cm³/mol. The second-order valence-corrected chi connectivity index (χ2v) is 7.95. The van der Waals surface area contributed by atoms with Crippen molar-refractivity contribution in [2.24, 2.45) is 0 Å². The molecule has 2 rings (SSSR count). The van der Waals surface area contributed by atoms with Gasteiger partial charge in [0.1, 0.15) is 5.76 Å². The van der Waals surface area contributed by atoms with Crippen molar-refractivity contribution in [3.05, 3.63) is 17.9 Å². The van der Waals surface area contributed by atoms with Gasteiger partial charge < -0.3 is 9.73 Å². The molecule has 0 amide bonds. The highest BCUT2D eigenvalue weighted by molar-refractivity contribution is 7.89. The quantitative estimate of drug-likeness (QED) is 0.810. The molecule has 0 aliphatic carbocycles. The predicted octanol–water partition coefficient (Wildman–Crippen LogP) is 0.188. The molecule has 1 aromatic rings. The van der Waals surface area contributed by atoms with Gasteiger partial charge in [0.25, 0.3) is 10.0 Å². The zero-order valence-corrected chi connectivity index (χ0v) is 12.4. The second-order valence-electron chi connectivity index (χ2n) is 4.43. The van der Waals surface area contributed by atoms with E-state index in [-0.39, 0.29) is 5.09 Å². The van der Waals surface area contributed by atoms with E-state index in [4.69, 9.17) is 4.42 Å². The van der Waals surface area contributed by atoms with E-state index in [1.165, 1.54) is 13.1 Å². The van der Waals surface area contributed by atoms with E-state index >= 15 is 0 Å². The van der Waals surface area contributed by atoms with Gasteiger partial charge in [-0.2, -0.15) is 0 Å². The molecular weight excluding hydrogens is 288 g/mol. The average Bonchev–Trinajstić information content (AvgIpc) is 2.88. The summed E-state index contributed by atoms with van der Waals surface area (Å²) in [6, 6.07) is 3.42. The van der Waals surface area contributed by atoms with Crippen LogP contribution in [0.15, 0.2) is 21.6 Å². The van der Waals surface area contributed by atoms with Crippen molar-refractivity contribution in [2.75, 3.05) is 18.6 Å². The van der Waals surface area contributed by atoms with E-state index in [9.17, 15) is 12.6 Å². The normalized spacial score (nSPS) is 24.5. The zero-order chi connectivity index (χ0) is 13.9. The minimum absolute atomic E-state index is 0.0726. The van der Waals surface area contributed by atoms with Crippen molar-refractivity contribution in [1.82, 2.24) is 10.0 Å². The summed E-state index contributed by atoms with van der Waals surface area (Å²) in [5.74, 6) is 2.05. The maximum atomic E-state index is 11.5. The van der Waals surface area contributed by atoms with Crippen LogP contribution in [0.25, 0.3) is 0 Å². The van der Waals surface area contributed by atoms with E-state index in [1.54, 1.807) is 6.07 Å². The number of hydrogen-bond donors (Lipinski definition) is 2. The smallest absolute Gasteiger partial charge is 0.273 e. The Balaban J connectivity index is 1.89. The minimum Gasteiger partial charge on any atom is -0.447 e. The number of nitrogens with one attached hydrogen (secondary N) is 2. The summed E-state index contributed by atoms with van der Waals surface area (Å²) in [7, 11) is -2.84. The van der Waals surface area contributed by atoms with Crippen LogP contribution in [-0.4, -0.2) is 37.2 Å². The van der Waals surface area contributed by atoms with Crippen LogP contribution in [0.4, 0.5) is 0 Å². The van der Waals surface area contributed by atoms with Crippen LogP contribution in [0, 0.1) is 0 Å². The molecule has 0 radical (unpaired) electrons. The van der Waals surface area contributed by atoms with Crippen molar-refractivity contribution < 1.29 is 17.0 Å². The van der Waals surface area contributed by atoms with Crippen LogP contribution in [0.5, 0.6) is 0 Å². The summed E-state index contributed by atoms with van der Waals surface area (Å²) in [4.78, 5) is 0. The zero-order valence-electron chi connectivity index (χ0n) is 10.7. The summed E-state index contributed by atoms with van der Waals surface area (Å²) in [6.07, 6.45) is 1.77. The van der Waals surface area contributed by atoms with Crippen molar-refractivity contribution in [2.45, 2.75) is 30.5 Å². The van der Waals surface area contributed by atoms with Crippen LogP contribution in [-0.2, 0) is 27.4 Å². The molecule has 0 spiro atoms. The molecule has 1 fully saturated rings. The molecular formula is C11H18N2O4S2. The van der Waals surface area contributed by atoms with Gasteiger partial charge in [0.2, 0.25) is 5.09 Å². The van der Waals surface area contributed by atoms with Crippen molar-refractivity contribution in [3.8, 4) is 0 Å². The number of furan rings is 1. The third-order valence-corrected chi connectivity index (χ3v) is 5.79. The Morgan fingerprint density at radius 1 is 1.37 bits per heavy atom. The Hall–Kier alpha value is -0.700. The molecule has 0 bridgehead atoms. The molecule has 108 valence electrons. The molecule has 0 unspecified atom stereocenters. The van der Waals surface area contributed by atoms with E-state index in [0.717, 1.165) is 24.3 Å². The topological polar surface area (TPSA) is 88.4 Å². The molecule has 1 saturated heterocycles. The van der Waals surface area contributed by atoms with Crippen LogP contribution >= 0.6 is 0 Å². The third kappa shape index (κ3) is 3.88. The molecule has 0 aromatic carbocycles. The summed E-state index contributed by atoms with van der Waals surface area (Å²) < 4.78 is 41.7. The number of sulfonamides is 1. The van der Waals surface area contributed by atoms with E-state index in [1.807, 2.05) is 0 Å². The van der Waals surface area contributed by atoms with Gasteiger partial charge in [0, 0.05) is 28.3 Å². The minimum atomic E-state index is -3.51. The Morgan fingerprint density at radius 3 is 2.68 bits per heavy atom. The van der Waals surface area contributed by atoms with Crippen molar-refractivity contribution in [3.63, 3.8) is 0 Å². The van der Waals surface area contributed by atoms with Crippen LogP contribution in [0.3, 0.4) is 0 Å². The number of hydrogen-bond acceptors (Lipinski definition) is 5. The average molecular weight is 306 g/mol. The van der Waals surface area contributed by atoms with Gasteiger partial charge in [-0.05, 0) is 32.0 Å². The van der Waals surface area contributed by atoms with E-state index < -0.39 is 20.8 Å². The first-order valence-corrected chi connectivity index (χ1v) is 9.09. The summed E-state index contributed by atoms with van der Waals surface area (Å²) in [5, 5.41) is 3.23. The molecule has 6 nitrogen and oxygen atoms in total. The lowest BCUT2D eigenvalue weighted by Crippen LogP contribution is -2.35. The second kappa shape index (κ2) is 6.17. The first kappa shape index (κ1) is 14.7. The van der Waals surface area contributed by atoms with Gasteiger partial charge >= 0.3 is 0 Å². The Bertz CT molecular complexity index is 543. The SMILES string of the molecule is CNS(=O)(=O)c1ccc(CNC2CCS(=O)CC2)o1. The van der Waals surface area contributed by atoms with Crippen molar-refractivity contribution >= 4 is 20.8 Å². The molecule has 2 heterocycles. The highest BCUT2D eigenvalue weighted by Gasteiger charge is 2.19. The molecule has 1 aromatic heterocycles. The van der Waals surface area contributed by atoms with Crippen LogP contribution < -0.4 is 10.0 Å². The molecule has 19 heavy (non-hydrogen) atoms. The Labute approximate surface area is 115 Å². The highest BCUT2D eigenvalue weighted by Crippen LogP contribution is 2.15. The molecule has 0 atom stereocenters. The lowest BCUT2D eigenvalue weighted by molar-refractivity contribution is 0.380. The fraction of sp³-hybridized carbons (Fsp3) is 0.636. The van der Waals surface area contributed by atoms with Gasteiger partial charge in [-0.15, -0.1) is 0 Å². The molecule has 1 aliphatic heterocycles. The highest BCUT2D eigenvalue weighted by atomic mass is 32.2. The van der Waals surface area contributed by atoms with Gasteiger partial charge in [-0.1, -0.05) is 0 Å². The fourth-order valence-electron chi connectivity index (χ4n) is 1.94. The van der Waals surface area contributed by atoms with Gasteiger partial charge in [0.15, 0.2) is 0 Å². The summed E-state index contributed by atoms with van der Waals surface area (Å²) in [6.45, 7) is 0.483. The Kier molecular flexibility index (Phi) is 4.77. The fourth-order valence-corrected chi connectivity index (χ4v) is 3.91.